The Hall–Kier alpha value is -3.52. The van der Waals surface area contributed by atoms with Gasteiger partial charge in [0.05, 0.1) is 17.6 Å². The highest BCUT2D eigenvalue weighted by atomic mass is 19.4. The molecule has 0 atom stereocenters. The summed E-state index contributed by atoms with van der Waals surface area (Å²) < 4.78 is 51.6. The van der Waals surface area contributed by atoms with Crippen molar-refractivity contribution >= 4 is 11.6 Å². The van der Waals surface area contributed by atoms with Crippen molar-refractivity contribution in [3.8, 4) is 22.6 Å². The van der Waals surface area contributed by atoms with E-state index in [0.717, 1.165) is 17.7 Å². The Balaban J connectivity index is 0.00000171. The predicted molar refractivity (Wildman–Crippen MR) is 119 cm³/mol. The van der Waals surface area contributed by atoms with E-state index in [0.29, 0.717) is 35.5 Å². The van der Waals surface area contributed by atoms with Crippen molar-refractivity contribution in [1.82, 2.24) is 0 Å². The van der Waals surface area contributed by atoms with E-state index in [2.05, 4.69) is 5.32 Å². The van der Waals surface area contributed by atoms with Gasteiger partial charge in [-0.15, -0.1) is 0 Å². The minimum atomic E-state index is -4.60. The highest BCUT2D eigenvalue weighted by molar-refractivity contribution is 6.02. The van der Waals surface area contributed by atoms with E-state index in [1.165, 1.54) is 6.07 Å². The van der Waals surface area contributed by atoms with Crippen LogP contribution in [0.15, 0.2) is 60.7 Å². The molecule has 2 N–H and O–H groups in total. The molecule has 5 nitrogen and oxygen atoms in total. The maximum Gasteiger partial charge on any atom is 0.416 e. The molecule has 1 heterocycles. The minimum absolute atomic E-state index is 0. The van der Waals surface area contributed by atoms with Crippen molar-refractivity contribution in [3.63, 3.8) is 0 Å². The summed E-state index contributed by atoms with van der Waals surface area (Å²) in [4.78, 5) is 13.2. The second kappa shape index (κ2) is 7.81. The third-order valence-corrected chi connectivity index (χ3v) is 6.13. The Kier molecular flexibility index (Phi) is 5.05. The third kappa shape index (κ3) is 3.91. The van der Waals surface area contributed by atoms with Crippen LogP contribution in [0, 0.1) is 0 Å². The molecule has 1 amide bonds. The van der Waals surface area contributed by atoms with Crippen LogP contribution in [-0.2, 0) is 23.0 Å². The second-order valence-electron chi connectivity index (χ2n) is 8.22. The molecule has 0 aromatic heterocycles. The molecular weight excluding hydrogens is 435 g/mol. The van der Waals surface area contributed by atoms with Crippen molar-refractivity contribution < 1.29 is 35.4 Å². The quantitative estimate of drug-likeness (QED) is 0.509. The Bertz CT molecular complexity index is 1250. The summed E-state index contributed by atoms with van der Waals surface area (Å²) in [6.07, 6.45) is -3.44. The molecule has 33 heavy (non-hydrogen) atoms. The lowest BCUT2D eigenvalue weighted by Crippen LogP contribution is -2.28. The smallest absolute Gasteiger partial charge is 0.416 e. The number of carbonyl (C=O) groups is 1. The lowest BCUT2D eigenvalue weighted by Gasteiger charge is -2.19. The molecule has 0 saturated heterocycles. The summed E-state index contributed by atoms with van der Waals surface area (Å²) in [5.41, 5.74) is 0.310. The van der Waals surface area contributed by atoms with Crippen LogP contribution in [0.2, 0.25) is 0 Å². The Morgan fingerprint density at radius 2 is 1.79 bits per heavy atom. The van der Waals surface area contributed by atoms with Crippen LogP contribution in [-0.4, -0.2) is 17.8 Å². The van der Waals surface area contributed by atoms with E-state index >= 15 is 0 Å². The molecule has 1 saturated carbocycles. The monoisotopic (exact) mass is 459 g/mol. The molecule has 0 spiro atoms. The van der Waals surface area contributed by atoms with Gasteiger partial charge in [0.1, 0.15) is 0 Å². The minimum Gasteiger partial charge on any atom is -0.454 e. The number of anilines is 1. The number of alkyl halides is 3. The predicted octanol–water partition coefficient (Wildman–Crippen LogP) is 5.76. The van der Waals surface area contributed by atoms with Crippen LogP contribution in [0.25, 0.3) is 11.1 Å². The molecule has 0 radical (unpaired) electrons. The zero-order chi connectivity index (χ0) is 23.2. The van der Waals surface area contributed by atoms with E-state index in [1.807, 2.05) is 0 Å². The number of hydrogen-bond donors (Lipinski definition) is 2. The fourth-order valence-corrected chi connectivity index (χ4v) is 4.18. The molecule has 1 aliphatic heterocycles. The summed E-state index contributed by atoms with van der Waals surface area (Å²) >= 11 is 0. The van der Waals surface area contributed by atoms with Crippen molar-refractivity contribution in [1.29, 1.82) is 0 Å². The number of fused-ring (bicyclic) bond motifs is 1. The molecule has 174 valence electrons. The zero-order valence-corrected chi connectivity index (χ0v) is 17.4. The number of rotatable bonds is 5. The summed E-state index contributed by atoms with van der Waals surface area (Å²) in [5, 5.41) is 12.3. The highest BCUT2D eigenvalue weighted by Crippen LogP contribution is 2.51. The maximum absolute atomic E-state index is 13.6. The van der Waals surface area contributed by atoms with Crippen LogP contribution >= 0.6 is 0 Å². The normalized spacial score (nSPS) is 15.9. The average molecular weight is 459 g/mol. The van der Waals surface area contributed by atoms with Gasteiger partial charge in [0.25, 0.3) is 0 Å². The Morgan fingerprint density at radius 1 is 1.03 bits per heavy atom. The van der Waals surface area contributed by atoms with Crippen molar-refractivity contribution in [2.24, 2.45) is 0 Å². The Labute approximate surface area is 190 Å². The van der Waals surface area contributed by atoms with Crippen LogP contribution in [0.5, 0.6) is 11.5 Å². The second-order valence-corrected chi connectivity index (χ2v) is 8.22. The lowest BCUT2D eigenvalue weighted by atomic mass is 9.93. The standard InChI is InChI=1S/C25H20F3NO4.2H2/c26-25(27,28)18-9-16(20-4-2-1-3-15(20)13-30)10-19(11-18)29-23(31)24(7-8-24)17-5-6-21-22(12-17)33-14-32-21;;/h1-6,9-12,30H,7-8,13-14H2,(H,29,31);2*1H. The number of carbonyl (C=O) groups excluding carboxylic acids is 1. The van der Waals surface area contributed by atoms with E-state index in [1.54, 1.807) is 42.5 Å². The van der Waals surface area contributed by atoms with Crippen LogP contribution in [0.3, 0.4) is 0 Å². The fraction of sp³-hybridized carbons (Fsp3) is 0.240. The number of aliphatic hydroxyl groups is 1. The van der Waals surface area contributed by atoms with Gasteiger partial charge in [-0.25, -0.2) is 0 Å². The number of aliphatic hydroxyl groups excluding tert-OH is 1. The number of halogens is 3. The zero-order valence-electron chi connectivity index (χ0n) is 17.4. The molecule has 8 heteroatoms. The molecule has 1 aliphatic carbocycles. The highest BCUT2D eigenvalue weighted by Gasteiger charge is 2.51. The van der Waals surface area contributed by atoms with Gasteiger partial charge >= 0.3 is 6.18 Å². The van der Waals surface area contributed by atoms with Gasteiger partial charge in [-0.3, -0.25) is 4.79 Å². The molecule has 0 bridgehead atoms. The first-order valence-electron chi connectivity index (χ1n) is 10.4. The topological polar surface area (TPSA) is 67.8 Å². The van der Waals surface area contributed by atoms with Gasteiger partial charge in [0.2, 0.25) is 12.7 Å². The van der Waals surface area contributed by atoms with Gasteiger partial charge in [-0.05, 0) is 65.4 Å². The molecule has 3 aromatic rings. The maximum atomic E-state index is 13.6. The molecule has 3 aromatic carbocycles. The summed E-state index contributed by atoms with van der Waals surface area (Å²) in [6.45, 7) is -0.207. The molecule has 0 unspecified atom stereocenters. The largest absolute Gasteiger partial charge is 0.454 e. The molecular formula is C25H24F3NO4. The first-order valence-corrected chi connectivity index (χ1v) is 10.4. The summed E-state index contributed by atoms with van der Waals surface area (Å²) in [7, 11) is 0. The van der Waals surface area contributed by atoms with Crippen LogP contribution < -0.4 is 14.8 Å². The lowest BCUT2D eigenvalue weighted by molar-refractivity contribution is -0.137. The molecule has 5 rings (SSSR count). The SMILES string of the molecule is O=C(Nc1cc(-c2ccccc2CO)cc(C(F)(F)F)c1)C1(c2ccc3c(c2)OCO3)CC1.[HH].[HH]. The van der Waals surface area contributed by atoms with Gasteiger partial charge in [0.15, 0.2) is 11.5 Å². The van der Waals surface area contributed by atoms with E-state index in [9.17, 15) is 23.1 Å². The van der Waals surface area contributed by atoms with Crippen molar-refractivity contribution in [3.05, 3.63) is 77.4 Å². The number of nitrogens with one attached hydrogen (secondary N) is 1. The van der Waals surface area contributed by atoms with Crippen molar-refractivity contribution in [2.45, 2.75) is 31.0 Å². The summed E-state index contributed by atoms with van der Waals surface area (Å²) in [6, 6.07) is 15.4. The number of benzene rings is 3. The van der Waals surface area contributed by atoms with E-state index in [-0.39, 0.29) is 33.4 Å². The number of hydrogen-bond acceptors (Lipinski definition) is 4. The van der Waals surface area contributed by atoms with E-state index < -0.39 is 17.2 Å². The van der Waals surface area contributed by atoms with Crippen LogP contribution in [0.1, 0.15) is 32.4 Å². The molecule has 1 fully saturated rings. The number of ether oxygens (including phenoxy) is 2. The third-order valence-electron chi connectivity index (χ3n) is 6.13. The number of amides is 1. The van der Waals surface area contributed by atoms with E-state index in [4.69, 9.17) is 9.47 Å². The first-order chi connectivity index (χ1) is 15.8. The first kappa shape index (κ1) is 21.3. The summed E-state index contributed by atoms with van der Waals surface area (Å²) in [5.74, 6) is 0.774. The van der Waals surface area contributed by atoms with Crippen LogP contribution in [0.4, 0.5) is 18.9 Å². The Morgan fingerprint density at radius 3 is 2.52 bits per heavy atom. The van der Waals surface area contributed by atoms with Gasteiger partial charge in [0, 0.05) is 8.54 Å². The van der Waals surface area contributed by atoms with Gasteiger partial charge < -0.3 is 19.9 Å². The van der Waals surface area contributed by atoms with Gasteiger partial charge in [-0.2, -0.15) is 13.2 Å². The molecule has 2 aliphatic rings. The average Bonchev–Trinajstić information content (AvgIpc) is 3.49. The van der Waals surface area contributed by atoms with Gasteiger partial charge in [-0.1, -0.05) is 30.3 Å². The van der Waals surface area contributed by atoms with Crippen molar-refractivity contribution in [2.75, 3.05) is 12.1 Å². The fourth-order valence-electron chi connectivity index (χ4n) is 4.18.